The Hall–Kier alpha value is -1.79. The maximum absolute atomic E-state index is 13.4. The van der Waals surface area contributed by atoms with Crippen molar-refractivity contribution in [2.45, 2.75) is 26.8 Å². The Labute approximate surface area is 145 Å². The Bertz CT molecular complexity index is 736. The molecule has 128 valence electrons. The van der Waals surface area contributed by atoms with Gasteiger partial charge in [0.25, 0.3) is 5.91 Å². The number of amides is 1. The highest BCUT2D eigenvalue weighted by Gasteiger charge is 2.26. The SMILES string of the molecule is Cc1nc(-c2cccc(F)c2)sc1C(=O)N1CCN(C(C)C)CC1. The van der Waals surface area contributed by atoms with Gasteiger partial charge in [0.15, 0.2) is 0 Å². The third-order valence-corrected chi connectivity index (χ3v) is 5.59. The average Bonchev–Trinajstić information content (AvgIpc) is 2.96. The van der Waals surface area contributed by atoms with Gasteiger partial charge in [-0.1, -0.05) is 12.1 Å². The molecule has 1 saturated heterocycles. The zero-order chi connectivity index (χ0) is 17.3. The van der Waals surface area contributed by atoms with E-state index in [2.05, 4.69) is 23.7 Å². The van der Waals surface area contributed by atoms with Gasteiger partial charge in [0.1, 0.15) is 15.7 Å². The van der Waals surface area contributed by atoms with Crippen molar-refractivity contribution in [3.63, 3.8) is 0 Å². The zero-order valence-corrected chi connectivity index (χ0v) is 15.1. The molecule has 0 aliphatic carbocycles. The standard InChI is InChI=1S/C18H22FN3OS/c1-12(2)21-7-9-22(10-8-21)18(23)16-13(3)20-17(24-16)14-5-4-6-15(19)11-14/h4-6,11-12H,7-10H2,1-3H3. The van der Waals surface area contributed by atoms with Crippen LogP contribution in [0.3, 0.4) is 0 Å². The first-order chi connectivity index (χ1) is 11.5. The normalized spacial score (nSPS) is 16.0. The van der Waals surface area contributed by atoms with Crippen LogP contribution in [0.25, 0.3) is 10.6 Å². The predicted octanol–water partition coefficient (Wildman–Crippen LogP) is 3.42. The molecule has 0 spiro atoms. The van der Waals surface area contributed by atoms with Crippen molar-refractivity contribution < 1.29 is 9.18 Å². The summed E-state index contributed by atoms with van der Waals surface area (Å²) in [5.74, 6) is -0.255. The predicted molar refractivity (Wildman–Crippen MR) is 94.9 cm³/mol. The summed E-state index contributed by atoms with van der Waals surface area (Å²) in [4.78, 5) is 22.2. The number of piperazine rings is 1. The number of carbonyl (C=O) groups is 1. The van der Waals surface area contributed by atoms with Crippen LogP contribution in [0.15, 0.2) is 24.3 Å². The molecule has 1 aromatic carbocycles. The summed E-state index contributed by atoms with van der Waals surface area (Å²) in [7, 11) is 0. The summed E-state index contributed by atoms with van der Waals surface area (Å²) in [6.45, 7) is 9.48. The maximum atomic E-state index is 13.4. The smallest absolute Gasteiger partial charge is 0.265 e. The van der Waals surface area contributed by atoms with Gasteiger partial charge in [-0.25, -0.2) is 9.37 Å². The highest BCUT2D eigenvalue weighted by atomic mass is 32.1. The lowest BCUT2D eigenvalue weighted by molar-refractivity contribution is 0.0599. The lowest BCUT2D eigenvalue weighted by Gasteiger charge is -2.36. The van der Waals surface area contributed by atoms with Gasteiger partial charge >= 0.3 is 0 Å². The van der Waals surface area contributed by atoms with E-state index in [4.69, 9.17) is 0 Å². The number of benzene rings is 1. The van der Waals surface area contributed by atoms with E-state index in [0.717, 1.165) is 31.9 Å². The molecular formula is C18H22FN3OS. The Morgan fingerprint density at radius 1 is 1.25 bits per heavy atom. The van der Waals surface area contributed by atoms with Crippen LogP contribution in [-0.4, -0.2) is 52.9 Å². The summed E-state index contributed by atoms with van der Waals surface area (Å²) in [5.41, 5.74) is 1.43. The van der Waals surface area contributed by atoms with Crippen LogP contribution < -0.4 is 0 Å². The minimum absolute atomic E-state index is 0.0380. The van der Waals surface area contributed by atoms with Gasteiger partial charge in [-0.2, -0.15) is 0 Å². The number of thiazole rings is 1. The number of halogens is 1. The van der Waals surface area contributed by atoms with E-state index in [1.54, 1.807) is 6.07 Å². The van der Waals surface area contributed by atoms with Crippen molar-refractivity contribution in [1.82, 2.24) is 14.8 Å². The third-order valence-electron chi connectivity index (χ3n) is 4.39. The van der Waals surface area contributed by atoms with Gasteiger partial charge in [-0.3, -0.25) is 9.69 Å². The average molecular weight is 347 g/mol. The van der Waals surface area contributed by atoms with Crippen molar-refractivity contribution in [2.75, 3.05) is 26.2 Å². The Morgan fingerprint density at radius 3 is 2.58 bits per heavy atom. The van der Waals surface area contributed by atoms with Crippen LogP contribution in [0.1, 0.15) is 29.2 Å². The Balaban J connectivity index is 1.77. The number of hydrogen-bond donors (Lipinski definition) is 0. The molecule has 4 nitrogen and oxygen atoms in total. The molecule has 0 saturated carbocycles. The van der Waals surface area contributed by atoms with E-state index >= 15 is 0 Å². The largest absolute Gasteiger partial charge is 0.335 e. The van der Waals surface area contributed by atoms with Crippen molar-refractivity contribution in [3.8, 4) is 10.6 Å². The van der Waals surface area contributed by atoms with Gasteiger partial charge in [-0.05, 0) is 32.9 Å². The van der Waals surface area contributed by atoms with Crippen LogP contribution in [0.4, 0.5) is 4.39 Å². The molecule has 1 aromatic heterocycles. The number of hydrogen-bond acceptors (Lipinski definition) is 4. The quantitative estimate of drug-likeness (QED) is 0.854. The molecule has 6 heteroatoms. The first-order valence-electron chi connectivity index (χ1n) is 8.22. The van der Waals surface area contributed by atoms with Gasteiger partial charge < -0.3 is 4.90 Å². The lowest BCUT2D eigenvalue weighted by atomic mass is 10.2. The number of carbonyl (C=O) groups excluding carboxylic acids is 1. The number of rotatable bonds is 3. The van der Waals surface area contributed by atoms with Crippen LogP contribution >= 0.6 is 11.3 Å². The molecule has 1 amide bonds. The highest BCUT2D eigenvalue weighted by molar-refractivity contribution is 7.17. The monoisotopic (exact) mass is 347 g/mol. The number of aryl methyl sites for hydroxylation is 1. The minimum atomic E-state index is -0.293. The number of aromatic nitrogens is 1. The molecule has 1 aliphatic heterocycles. The van der Waals surface area contributed by atoms with E-state index in [1.807, 2.05) is 17.9 Å². The van der Waals surface area contributed by atoms with E-state index < -0.39 is 0 Å². The highest BCUT2D eigenvalue weighted by Crippen LogP contribution is 2.29. The molecule has 24 heavy (non-hydrogen) atoms. The summed E-state index contributed by atoms with van der Waals surface area (Å²) >= 11 is 1.35. The van der Waals surface area contributed by atoms with Gasteiger partial charge in [0, 0.05) is 37.8 Å². The molecule has 2 aromatic rings. The molecule has 0 atom stereocenters. The Kier molecular flexibility index (Phi) is 4.96. The first-order valence-corrected chi connectivity index (χ1v) is 9.04. The van der Waals surface area contributed by atoms with Crippen molar-refractivity contribution >= 4 is 17.2 Å². The molecule has 3 rings (SSSR count). The topological polar surface area (TPSA) is 36.4 Å². The minimum Gasteiger partial charge on any atom is -0.335 e. The lowest BCUT2D eigenvalue weighted by Crippen LogP contribution is -2.50. The molecule has 1 fully saturated rings. The second-order valence-corrected chi connectivity index (χ2v) is 7.36. The van der Waals surface area contributed by atoms with Gasteiger partial charge in [0.05, 0.1) is 5.69 Å². The maximum Gasteiger partial charge on any atom is 0.265 e. The fourth-order valence-corrected chi connectivity index (χ4v) is 3.96. The van der Waals surface area contributed by atoms with E-state index in [-0.39, 0.29) is 11.7 Å². The van der Waals surface area contributed by atoms with Crippen LogP contribution in [0, 0.1) is 12.7 Å². The van der Waals surface area contributed by atoms with E-state index in [9.17, 15) is 9.18 Å². The molecule has 0 bridgehead atoms. The van der Waals surface area contributed by atoms with Crippen LogP contribution in [-0.2, 0) is 0 Å². The molecule has 0 N–H and O–H groups in total. The second kappa shape index (κ2) is 6.99. The molecule has 2 heterocycles. The summed E-state index contributed by atoms with van der Waals surface area (Å²) in [6.07, 6.45) is 0. The summed E-state index contributed by atoms with van der Waals surface area (Å²) in [6, 6.07) is 6.84. The number of nitrogens with zero attached hydrogens (tertiary/aromatic N) is 3. The summed E-state index contributed by atoms with van der Waals surface area (Å²) in [5, 5.41) is 0.691. The van der Waals surface area contributed by atoms with Crippen LogP contribution in [0.2, 0.25) is 0 Å². The first kappa shape index (κ1) is 17.0. The molecule has 0 radical (unpaired) electrons. The Morgan fingerprint density at radius 2 is 1.96 bits per heavy atom. The fraction of sp³-hybridized carbons (Fsp3) is 0.444. The summed E-state index contributed by atoms with van der Waals surface area (Å²) < 4.78 is 13.4. The molecule has 0 unspecified atom stereocenters. The van der Waals surface area contributed by atoms with Crippen molar-refractivity contribution in [1.29, 1.82) is 0 Å². The van der Waals surface area contributed by atoms with E-state index in [0.29, 0.717) is 21.5 Å². The van der Waals surface area contributed by atoms with Crippen molar-refractivity contribution in [2.24, 2.45) is 0 Å². The van der Waals surface area contributed by atoms with Crippen molar-refractivity contribution in [3.05, 3.63) is 40.7 Å². The van der Waals surface area contributed by atoms with Gasteiger partial charge in [-0.15, -0.1) is 11.3 Å². The third kappa shape index (κ3) is 3.49. The zero-order valence-electron chi connectivity index (χ0n) is 14.3. The second-order valence-electron chi connectivity index (χ2n) is 6.37. The molecular weight excluding hydrogens is 325 g/mol. The molecule has 1 aliphatic rings. The van der Waals surface area contributed by atoms with Gasteiger partial charge in [0.2, 0.25) is 0 Å². The fourth-order valence-electron chi connectivity index (χ4n) is 2.92. The van der Waals surface area contributed by atoms with E-state index in [1.165, 1.54) is 23.5 Å². The van der Waals surface area contributed by atoms with Crippen LogP contribution in [0.5, 0.6) is 0 Å².